The van der Waals surface area contributed by atoms with Crippen molar-refractivity contribution < 1.29 is 0 Å². The van der Waals surface area contributed by atoms with Crippen molar-refractivity contribution in [3.8, 4) is 0 Å². The van der Waals surface area contributed by atoms with Gasteiger partial charge in [-0.1, -0.05) is 119 Å². The fourth-order valence-corrected chi connectivity index (χ4v) is 17.4. The van der Waals surface area contributed by atoms with Gasteiger partial charge in [0, 0.05) is 0 Å². The van der Waals surface area contributed by atoms with Crippen molar-refractivity contribution in [2.45, 2.75) is 183 Å². The summed E-state index contributed by atoms with van der Waals surface area (Å²) in [7, 11) is 0. The predicted octanol–water partition coefficient (Wildman–Crippen LogP) is 13.6. The van der Waals surface area contributed by atoms with Gasteiger partial charge in [0.2, 0.25) is 0 Å². The maximum Gasteiger partial charge on any atom is -0.0227 e. The van der Waals surface area contributed by atoms with Crippen LogP contribution in [0.5, 0.6) is 0 Å². The lowest BCUT2D eigenvalue weighted by atomic mass is 9.45. The molecule has 0 bridgehead atoms. The van der Waals surface area contributed by atoms with Crippen LogP contribution >= 0.6 is 0 Å². The van der Waals surface area contributed by atoms with E-state index in [-0.39, 0.29) is 0 Å². The Morgan fingerprint density at radius 1 is 0.500 bits per heavy atom. The predicted molar refractivity (Wildman–Crippen MR) is 196 cm³/mol. The van der Waals surface area contributed by atoms with E-state index in [1.807, 2.05) is 0 Å². The zero-order valence-corrected chi connectivity index (χ0v) is 32.0. The molecule has 0 heteroatoms. The number of rotatable bonds is 6. The monoisotopic (exact) mass is 631 g/mol. The van der Waals surface area contributed by atoms with Crippen molar-refractivity contribution >= 4 is 0 Å². The van der Waals surface area contributed by atoms with Gasteiger partial charge in [0.25, 0.3) is 0 Å². The van der Waals surface area contributed by atoms with E-state index >= 15 is 0 Å². The Morgan fingerprint density at radius 3 is 1.65 bits per heavy atom. The fourth-order valence-electron chi connectivity index (χ4n) is 17.4. The highest BCUT2D eigenvalue weighted by atomic mass is 14.7. The second-order valence-corrected chi connectivity index (χ2v) is 21.0. The van der Waals surface area contributed by atoms with E-state index in [4.69, 9.17) is 0 Å². The summed E-state index contributed by atoms with van der Waals surface area (Å²) in [6.45, 7) is 18.7. The summed E-state index contributed by atoms with van der Waals surface area (Å²) in [4.78, 5) is 0. The Labute approximate surface area is 287 Å². The first-order valence-corrected chi connectivity index (χ1v) is 22.2. The van der Waals surface area contributed by atoms with E-state index in [1.165, 1.54) is 25.7 Å². The van der Waals surface area contributed by atoms with Gasteiger partial charge in [0.05, 0.1) is 0 Å². The van der Waals surface area contributed by atoms with Gasteiger partial charge < -0.3 is 0 Å². The first-order chi connectivity index (χ1) is 22.2. The Balaban J connectivity index is 1.23. The summed E-state index contributed by atoms with van der Waals surface area (Å²) in [5.41, 5.74) is 1.71. The van der Waals surface area contributed by atoms with Crippen LogP contribution in [0.2, 0.25) is 0 Å². The summed E-state index contributed by atoms with van der Waals surface area (Å²) < 4.78 is 0. The minimum atomic E-state index is 0.530. The Kier molecular flexibility index (Phi) is 8.90. The second kappa shape index (κ2) is 12.3. The molecule has 8 fully saturated rings. The van der Waals surface area contributed by atoms with Gasteiger partial charge in [-0.05, 0) is 169 Å². The standard InChI is InChI=1S/C46H78/c1-8-44(6,9-2)34-26-35(45(7,10-3)11-4)28-46(27-34)40-25-32-18-13-12-17-31(32)23-39(40)42-38-24-33-21-20-30-16-14-15-19-36(30)41(33)37(38)22-29(5)43(42)46/h29-43H,8-28H2,1-7H3. The molecule has 8 rings (SSSR count). The van der Waals surface area contributed by atoms with Crippen LogP contribution in [0, 0.1) is 105 Å². The van der Waals surface area contributed by atoms with Crippen LogP contribution < -0.4 is 0 Å². The van der Waals surface area contributed by atoms with Crippen LogP contribution in [-0.4, -0.2) is 0 Å². The van der Waals surface area contributed by atoms with Gasteiger partial charge >= 0.3 is 0 Å². The summed E-state index contributed by atoms with van der Waals surface area (Å²) in [5.74, 6) is 16.0. The van der Waals surface area contributed by atoms with Crippen LogP contribution in [0.1, 0.15) is 183 Å². The lowest BCUT2D eigenvalue weighted by Crippen LogP contribution is -2.52. The molecule has 262 valence electrons. The van der Waals surface area contributed by atoms with Crippen molar-refractivity contribution in [3.63, 3.8) is 0 Å². The van der Waals surface area contributed by atoms with Crippen molar-refractivity contribution in [1.82, 2.24) is 0 Å². The van der Waals surface area contributed by atoms with Crippen LogP contribution in [0.25, 0.3) is 0 Å². The van der Waals surface area contributed by atoms with E-state index in [2.05, 4.69) is 48.5 Å². The molecule has 0 amide bonds. The van der Waals surface area contributed by atoms with E-state index in [0.29, 0.717) is 16.2 Å². The van der Waals surface area contributed by atoms with Crippen LogP contribution in [0.15, 0.2) is 0 Å². The molecular weight excluding hydrogens is 553 g/mol. The van der Waals surface area contributed by atoms with Crippen molar-refractivity contribution in [3.05, 3.63) is 0 Å². The third-order valence-corrected chi connectivity index (χ3v) is 20.3. The van der Waals surface area contributed by atoms with Crippen molar-refractivity contribution in [2.24, 2.45) is 105 Å². The molecule has 0 saturated heterocycles. The number of hydrogen-bond acceptors (Lipinski definition) is 0. The highest BCUT2D eigenvalue weighted by Crippen LogP contribution is 2.77. The molecule has 8 aliphatic rings. The van der Waals surface area contributed by atoms with E-state index in [0.717, 1.165) is 88.8 Å². The molecule has 0 aromatic heterocycles. The third kappa shape index (κ3) is 4.89. The lowest BCUT2D eigenvalue weighted by Gasteiger charge is -2.60. The highest BCUT2D eigenvalue weighted by molar-refractivity contribution is 5.19. The van der Waals surface area contributed by atoms with Crippen molar-refractivity contribution in [2.75, 3.05) is 0 Å². The molecular formula is C46H78. The number of fused-ring (bicyclic) bond motifs is 12. The van der Waals surface area contributed by atoms with E-state index in [1.54, 1.807) is 109 Å². The quantitative estimate of drug-likeness (QED) is 0.274. The molecule has 15 unspecified atom stereocenters. The van der Waals surface area contributed by atoms with Gasteiger partial charge in [-0.2, -0.15) is 0 Å². The molecule has 0 radical (unpaired) electrons. The zero-order chi connectivity index (χ0) is 32.0. The molecule has 0 aromatic rings. The molecule has 0 N–H and O–H groups in total. The van der Waals surface area contributed by atoms with E-state index < -0.39 is 0 Å². The minimum absolute atomic E-state index is 0.530. The highest BCUT2D eigenvalue weighted by Gasteiger charge is 2.70. The molecule has 15 atom stereocenters. The maximum absolute atomic E-state index is 2.88. The maximum atomic E-state index is 2.88. The summed E-state index contributed by atoms with van der Waals surface area (Å²) in [6, 6.07) is 0. The summed E-state index contributed by atoms with van der Waals surface area (Å²) >= 11 is 0. The molecule has 0 nitrogen and oxygen atoms in total. The van der Waals surface area contributed by atoms with Crippen LogP contribution in [-0.2, 0) is 0 Å². The Morgan fingerprint density at radius 2 is 1.02 bits per heavy atom. The second-order valence-electron chi connectivity index (χ2n) is 21.0. The first-order valence-electron chi connectivity index (χ1n) is 22.2. The molecule has 0 aromatic carbocycles. The van der Waals surface area contributed by atoms with Gasteiger partial charge in [-0.3, -0.25) is 0 Å². The topological polar surface area (TPSA) is 0 Å². The molecule has 46 heavy (non-hydrogen) atoms. The van der Waals surface area contributed by atoms with Gasteiger partial charge in [-0.15, -0.1) is 0 Å². The normalized spacial score (nSPS) is 51.8. The zero-order valence-electron chi connectivity index (χ0n) is 32.0. The van der Waals surface area contributed by atoms with Crippen molar-refractivity contribution in [1.29, 1.82) is 0 Å². The van der Waals surface area contributed by atoms with E-state index in [9.17, 15) is 0 Å². The first kappa shape index (κ1) is 33.2. The lowest BCUT2D eigenvalue weighted by molar-refractivity contribution is -0.106. The molecule has 8 saturated carbocycles. The smallest absolute Gasteiger partial charge is 0.0227 e. The van der Waals surface area contributed by atoms with Crippen LogP contribution in [0.3, 0.4) is 0 Å². The molecule has 1 spiro atoms. The summed E-state index contributed by atoms with van der Waals surface area (Å²) in [5, 5.41) is 0. The average Bonchev–Trinajstić information content (AvgIpc) is 3.59. The Hall–Kier alpha value is 0. The molecule has 0 heterocycles. The van der Waals surface area contributed by atoms with Gasteiger partial charge in [0.15, 0.2) is 0 Å². The summed E-state index contributed by atoms with van der Waals surface area (Å²) in [6.07, 6.45) is 32.8. The molecule has 8 aliphatic carbocycles. The fraction of sp³-hybridized carbons (Fsp3) is 1.00. The average molecular weight is 631 g/mol. The Bertz CT molecular complexity index is 1030. The van der Waals surface area contributed by atoms with Crippen LogP contribution in [0.4, 0.5) is 0 Å². The van der Waals surface area contributed by atoms with Gasteiger partial charge in [-0.25, -0.2) is 0 Å². The minimum Gasteiger partial charge on any atom is -0.0649 e. The third-order valence-electron chi connectivity index (χ3n) is 20.3. The number of hydrogen-bond donors (Lipinski definition) is 0. The largest absolute Gasteiger partial charge is 0.0649 e. The SMILES string of the molecule is CCC(C)(CC)C1CC(C(C)(CC)CC)CC2(C1)C1CC3CCCCC3CC1C1C3CC4CCC5CCCCC5C4C3CC(C)C12. The molecule has 0 aliphatic heterocycles. The van der Waals surface area contributed by atoms with Gasteiger partial charge in [0.1, 0.15) is 0 Å².